The van der Waals surface area contributed by atoms with Gasteiger partial charge in [0.05, 0.1) is 30.9 Å². The normalized spacial score (nSPS) is 20.0. The monoisotopic (exact) mass is 419 g/mol. The van der Waals surface area contributed by atoms with Crippen molar-refractivity contribution in [3.8, 4) is 0 Å². The van der Waals surface area contributed by atoms with E-state index in [1.54, 1.807) is 12.1 Å². The Morgan fingerprint density at radius 1 is 0.967 bits per heavy atom. The molecule has 2 aliphatic rings. The number of nitrogens with zero attached hydrogens (tertiary/aromatic N) is 2. The number of hydrogen-bond acceptors (Lipinski definition) is 5. The lowest BCUT2D eigenvalue weighted by molar-refractivity contribution is -0.137. The van der Waals surface area contributed by atoms with Crippen molar-refractivity contribution < 1.29 is 27.5 Å². The fraction of sp³-hybridized carbons (Fsp3) is 0.333. The summed E-state index contributed by atoms with van der Waals surface area (Å²) < 4.78 is 45.3. The van der Waals surface area contributed by atoms with Crippen molar-refractivity contribution in [2.24, 2.45) is 0 Å². The van der Waals surface area contributed by atoms with E-state index in [-0.39, 0.29) is 6.42 Å². The van der Waals surface area contributed by atoms with E-state index in [4.69, 9.17) is 4.74 Å². The van der Waals surface area contributed by atoms with E-state index in [1.807, 2.05) is 12.1 Å². The van der Waals surface area contributed by atoms with Crippen LogP contribution in [0, 0.1) is 0 Å². The Labute approximate surface area is 171 Å². The highest BCUT2D eigenvalue weighted by Crippen LogP contribution is 2.38. The first-order chi connectivity index (χ1) is 14.3. The summed E-state index contributed by atoms with van der Waals surface area (Å²) in [6.45, 7) is 2.90. The molecule has 0 aromatic heterocycles. The summed E-state index contributed by atoms with van der Waals surface area (Å²) in [6.07, 6.45) is -4.88. The molecule has 30 heavy (non-hydrogen) atoms. The van der Waals surface area contributed by atoms with Gasteiger partial charge in [-0.2, -0.15) is 13.2 Å². The van der Waals surface area contributed by atoms with E-state index >= 15 is 0 Å². The van der Waals surface area contributed by atoms with Crippen molar-refractivity contribution in [2.45, 2.75) is 18.6 Å². The van der Waals surface area contributed by atoms with Crippen LogP contribution in [0.3, 0.4) is 0 Å². The fourth-order valence-corrected chi connectivity index (χ4v) is 3.70. The lowest BCUT2D eigenvalue weighted by atomic mass is 10.1. The van der Waals surface area contributed by atoms with Crippen molar-refractivity contribution in [3.05, 3.63) is 54.1 Å². The molecule has 2 aromatic rings. The third-order valence-electron chi connectivity index (χ3n) is 5.18. The molecule has 0 radical (unpaired) electrons. The number of rotatable bonds is 4. The second kappa shape index (κ2) is 7.98. The van der Waals surface area contributed by atoms with Gasteiger partial charge in [0.2, 0.25) is 5.91 Å². The third-order valence-corrected chi connectivity index (χ3v) is 5.18. The molecule has 1 atom stereocenters. The number of ether oxygens (including phenoxy) is 1. The van der Waals surface area contributed by atoms with Gasteiger partial charge in [0.1, 0.15) is 6.04 Å². The highest BCUT2D eigenvalue weighted by molar-refractivity contribution is 6.23. The molecule has 6 nitrogen and oxygen atoms in total. The van der Waals surface area contributed by atoms with E-state index in [2.05, 4.69) is 10.2 Å². The lowest BCUT2D eigenvalue weighted by Crippen LogP contribution is -2.36. The minimum Gasteiger partial charge on any atom is -0.378 e. The van der Waals surface area contributed by atoms with Gasteiger partial charge < -0.3 is 15.0 Å². The number of anilines is 3. The highest BCUT2D eigenvalue weighted by Gasteiger charge is 2.44. The van der Waals surface area contributed by atoms with Gasteiger partial charge in [-0.05, 0) is 36.4 Å². The molecule has 9 heteroatoms. The smallest absolute Gasteiger partial charge is 0.378 e. The number of carbonyl (C=O) groups excluding carboxylic acids is 2. The van der Waals surface area contributed by atoms with Crippen LogP contribution in [0.1, 0.15) is 12.0 Å². The molecule has 2 saturated heterocycles. The number of nitrogens with one attached hydrogen (secondary N) is 1. The van der Waals surface area contributed by atoms with Gasteiger partial charge in [-0.25, -0.2) is 4.90 Å². The number of hydrogen-bond donors (Lipinski definition) is 1. The number of carbonyl (C=O) groups is 2. The number of para-hydroxylation sites is 1. The number of morpholine rings is 1. The summed E-state index contributed by atoms with van der Waals surface area (Å²) in [5.74, 6) is -1.37. The summed E-state index contributed by atoms with van der Waals surface area (Å²) in [5, 5.41) is 2.97. The molecule has 2 aromatic carbocycles. The van der Waals surface area contributed by atoms with Crippen molar-refractivity contribution in [1.82, 2.24) is 0 Å². The molecular weight excluding hydrogens is 399 g/mol. The van der Waals surface area contributed by atoms with Crippen LogP contribution in [0.2, 0.25) is 0 Å². The van der Waals surface area contributed by atoms with E-state index in [0.29, 0.717) is 23.8 Å². The molecule has 4 rings (SSSR count). The van der Waals surface area contributed by atoms with Crippen molar-refractivity contribution in [3.63, 3.8) is 0 Å². The number of imide groups is 1. The summed E-state index contributed by atoms with van der Waals surface area (Å²) in [5.41, 5.74) is 0.178. The van der Waals surface area contributed by atoms with E-state index < -0.39 is 35.3 Å². The topological polar surface area (TPSA) is 61.9 Å². The third kappa shape index (κ3) is 3.97. The standard InChI is InChI=1S/C21H20F3N3O3/c22-21(23,24)16-3-1-2-4-18(16)27-19(28)13-17(20(27)29)25-14-5-7-15(8-6-14)26-9-11-30-12-10-26/h1-8,17,25H,9-13H2/t17-/m1/s1. The Kier molecular flexibility index (Phi) is 5.38. The Hall–Kier alpha value is -3.07. The maximum Gasteiger partial charge on any atom is 0.418 e. The van der Waals surface area contributed by atoms with E-state index in [1.165, 1.54) is 12.1 Å². The SMILES string of the molecule is O=C1C[C@@H](Nc2ccc(N3CCOCC3)cc2)C(=O)N1c1ccccc1C(F)(F)F. The summed E-state index contributed by atoms with van der Waals surface area (Å²) in [7, 11) is 0. The number of benzene rings is 2. The van der Waals surface area contributed by atoms with Crippen molar-refractivity contribution >= 4 is 28.9 Å². The molecule has 2 aliphatic heterocycles. The van der Waals surface area contributed by atoms with Crippen LogP contribution < -0.4 is 15.1 Å². The maximum atomic E-state index is 13.3. The van der Waals surface area contributed by atoms with Gasteiger partial charge >= 0.3 is 6.18 Å². The van der Waals surface area contributed by atoms with Gasteiger partial charge in [-0.15, -0.1) is 0 Å². The largest absolute Gasteiger partial charge is 0.418 e. The summed E-state index contributed by atoms with van der Waals surface area (Å²) in [6, 6.07) is 11.0. The Balaban J connectivity index is 1.50. The van der Waals surface area contributed by atoms with Crippen LogP contribution in [0.25, 0.3) is 0 Å². The predicted molar refractivity (Wildman–Crippen MR) is 105 cm³/mol. The number of alkyl halides is 3. The molecule has 0 saturated carbocycles. The highest BCUT2D eigenvalue weighted by atomic mass is 19.4. The number of halogens is 3. The number of amides is 2. The predicted octanol–water partition coefficient (Wildman–Crippen LogP) is 3.29. The molecule has 1 N–H and O–H groups in total. The zero-order chi connectivity index (χ0) is 21.3. The van der Waals surface area contributed by atoms with Crippen molar-refractivity contribution in [2.75, 3.05) is 41.4 Å². The lowest BCUT2D eigenvalue weighted by Gasteiger charge is -2.29. The Morgan fingerprint density at radius 3 is 2.30 bits per heavy atom. The average molecular weight is 419 g/mol. The maximum absolute atomic E-state index is 13.3. The van der Waals surface area contributed by atoms with E-state index in [0.717, 1.165) is 30.9 Å². The van der Waals surface area contributed by atoms with Gasteiger partial charge in [0.15, 0.2) is 0 Å². The first-order valence-corrected chi connectivity index (χ1v) is 9.57. The summed E-state index contributed by atoms with van der Waals surface area (Å²) in [4.78, 5) is 28.0. The van der Waals surface area contributed by atoms with Gasteiger partial charge in [-0.1, -0.05) is 12.1 Å². The van der Waals surface area contributed by atoms with Gasteiger partial charge in [-0.3, -0.25) is 9.59 Å². The second-order valence-electron chi connectivity index (χ2n) is 7.13. The molecule has 2 heterocycles. The molecule has 0 unspecified atom stereocenters. The average Bonchev–Trinajstić information content (AvgIpc) is 3.01. The van der Waals surface area contributed by atoms with Gasteiger partial charge in [0.25, 0.3) is 5.91 Å². The minimum absolute atomic E-state index is 0.212. The molecule has 158 valence electrons. The van der Waals surface area contributed by atoms with Crippen LogP contribution in [0.5, 0.6) is 0 Å². The first kappa shape index (κ1) is 20.2. The Bertz CT molecular complexity index is 941. The quantitative estimate of drug-likeness (QED) is 0.771. The zero-order valence-corrected chi connectivity index (χ0v) is 16.0. The molecule has 2 fully saturated rings. The Morgan fingerprint density at radius 2 is 1.63 bits per heavy atom. The molecule has 0 aliphatic carbocycles. The molecular formula is C21H20F3N3O3. The van der Waals surface area contributed by atoms with Crippen molar-refractivity contribution in [1.29, 1.82) is 0 Å². The molecule has 0 spiro atoms. The molecule has 0 bridgehead atoms. The van der Waals surface area contributed by atoms with Gasteiger partial charge in [0, 0.05) is 24.5 Å². The zero-order valence-electron chi connectivity index (χ0n) is 16.0. The first-order valence-electron chi connectivity index (χ1n) is 9.57. The fourth-order valence-electron chi connectivity index (χ4n) is 3.70. The van der Waals surface area contributed by atoms with Crippen LogP contribution in [-0.2, 0) is 20.5 Å². The van der Waals surface area contributed by atoms with E-state index in [9.17, 15) is 22.8 Å². The second-order valence-corrected chi connectivity index (χ2v) is 7.13. The molecule has 2 amide bonds. The van der Waals surface area contributed by atoms with Crippen LogP contribution in [-0.4, -0.2) is 44.2 Å². The summed E-state index contributed by atoms with van der Waals surface area (Å²) >= 11 is 0. The van der Waals surface area contributed by atoms with Crippen LogP contribution >= 0.6 is 0 Å². The van der Waals surface area contributed by atoms with Crippen LogP contribution in [0.4, 0.5) is 30.2 Å². The minimum atomic E-state index is -4.67. The van der Waals surface area contributed by atoms with Crippen LogP contribution in [0.15, 0.2) is 48.5 Å².